The molecule has 0 fully saturated rings. The minimum atomic E-state index is -5.17. The molecule has 0 bridgehead atoms. The summed E-state index contributed by atoms with van der Waals surface area (Å²) in [4.78, 5) is 12.0. The highest BCUT2D eigenvalue weighted by molar-refractivity contribution is 5.78. The Labute approximate surface area is 180 Å². The number of methoxy groups -OCH3 is 1. The molecule has 4 nitrogen and oxygen atoms in total. The lowest BCUT2D eigenvalue weighted by molar-refractivity contribution is -0.271. The van der Waals surface area contributed by atoms with E-state index in [1.807, 2.05) is 0 Å². The van der Waals surface area contributed by atoms with E-state index in [1.165, 1.54) is 51.3 Å². The zero-order valence-electron chi connectivity index (χ0n) is 17.6. The molecule has 1 aromatic heterocycles. The van der Waals surface area contributed by atoms with Crippen molar-refractivity contribution >= 4 is 10.9 Å². The Hall–Kier alpha value is -2.94. The summed E-state index contributed by atoms with van der Waals surface area (Å²) in [5.74, 6) is -1.74. The first kappa shape index (κ1) is 23.7. The van der Waals surface area contributed by atoms with Crippen molar-refractivity contribution in [3.8, 4) is 5.75 Å². The van der Waals surface area contributed by atoms with Gasteiger partial charge in [0.15, 0.2) is 17.0 Å². The molecule has 1 N–H and O–H groups in total. The first-order valence-electron chi connectivity index (χ1n) is 9.70. The lowest BCUT2D eigenvalue weighted by Crippen LogP contribution is -2.52. The fourth-order valence-electron chi connectivity index (χ4n) is 4.00. The van der Waals surface area contributed by atoms with Crippen LogP contribution in [0.25, 0.3) is 10.9 Å². The molecule has 172 valence electrons. The van der Waals surface area contributed by atoms with Crippen LogP contribution < -0.4 is 10.2 Å². The number of halogens is 5. The van der Waals surface area contributed by atoms with E-state index in [-0.39, 0.29) is 22.2 Å². The minimum absolute atomic E-state index is 0.0180. The Morgan fingerprint density at radius 3 is 2.31 bits per heavy atom. The molecule has 2 aromatic carbocycles. The number of aromatic nitrogens is 1. The van der Waals surface area contributed by atoms with Crippen LogP contribution >= 0.6 is 0 Å². The number of pyridine rings is 1. The molecule has 1 unspecified atom stereocenters. The zero-order chi connectivity index (χ0) is 23.9. The Morgan fingerprint density at radius 1 is 1.03 bits per heavy atom. The Kier molecular flexibility index (Phi) is 6.08. The average Bonchev–Trinajstić information content (AvgIpc) is 2.70. The number of para-hydroxylation sites is 1. The second-order valence-electron chi connectivity index (χ2n) is 8.37. The van der Waals surface area contributed by atoms with E-state index in [2.05, 4.69) is 0 Å². The van der Waals surface area contributed by atoms with Gasteiger partial charge in [-0.2, -0.15) is 17.6 Å². The van der Waals surface area contributed by atoms with Gasteiger partial charge in [0.1, 0.15) is 11.6 Å². The number of hydrogen-bond acceptors (Lipinski definition) is 3. The predicted molar refractivity (Wildman–Crippen MR) is 110 cm³/mol. The van der Waals surface area contributed by atoms with Crippen LogP contribution in [0.3, 0.4) is 0 Å². The van der Waals surface area contributed by atoms with E-state index in [0.717, 1.165) is 12.1 Å². The smallest absolute Gasteiger partial charge is 0.418 e. The molecule has 0 aliphatic heterocycles. The van der Waals surface area contributed by atoms with Crippen LogP contribution in [0.1, 0.15) is 25.8 Å². The first-order valence-corrected chi connectivity index (χ1v) is 9.70. The summed E-state index contributed by atoms with van der Waals surface area (Å²) < 4.78 is 76.8. The number of fused-ring (bicyclic) bond motifs is 1. The van der Waals surface area contributed by atoms with Crippen molar-refractivity contribution in [1.82, 2.24) is 4.57 Å². The first-order chi connectivity index (χ1) is 14.8. The van der Waals surface area contributed by atoms with Crippen LogP contribution in [-0.2, 0) is 12.0 Å². The molecule has 0 aliphatic carbocycles. The summed E-state index contributed by atoms with van der Waals surface area (Å²) in [6, 6.07) is 9.64. The molecular weight excluding hydrogens is 433 g/mol. The van der Waals surface area contributed by atoms with Crippen molar-refractivity contribution in [2.45, 2.75) is 44.0 Å². The lowest BCUT2D eigenvalue weighted by atomic mass is 9.74. The molecule has 1 heterocycles. The Morgan fingerprint density at radius 2 is 1.69 bits per heavy atom. The van der Waals surface area contributed by atoms with Crippen molar-refractivity contribution in [2.75, 3.05) is 7.11 Å². The summed E-state index contributed by atoms with van der Waals surface area (Å²) in [6.07, 6.45) is -6.09. The Bertz CT molecular complexity index is 1200. The highest BCUT2D eigenvalue weighted by Gasteiger charge is 2.56. The molecule has 9 heteroatoms. The van der Waals surface area contributed by atoms with Crippen molar-refractivity contribution in [3.05, 3.63) is 76.1 Å². The fourth-order valence-corrected chi connectivity index (χ4v) is 4.00. The summed E-state index contributed by atoms with van der Waals surface area (Å²) in [5.41, 5.74) is -5.49. The molecule has 0 saturated heterocycles. The van der Waals surface area contributed by atoms with Crippen LogP contribution in [0, 0.1) is 11.8 Å². The maximum Gasteiger partial charge on any atom is 0.418 e. The second-order valence-corrected chi connectivity index (χ2v) is 8.37. The summed E-state index contributed by atoms with van der Waals surface area (Å²) >= 11 is 0. The van der Waals surface area contributed by atoms with Gasteiger partial charge < -0.3 is 14.4 Å². The molecule has 0 spiro atoms. The molecule has 3 aromatic rings. The number of nitrogens with zero attached hydrogens (tertiary/aromatic N) is 1. The molecule has 0 radical (unpaired) electrons. The Balaban J connectivity index is 2.13. The number of hydrogen-bond donors (Lipinski definition) is 1. The van der Waals surface area contributed by atoms with Crippen molar-refractivity contribution in [1.29, 1.82) is 0 Å². The van der Waals surface area contributed by atoms with Gasteiger partial charge in [-0.25, -0.2) is 4.39 Å². The molecule has 0 saturated carbocycles. The van der Waals surface area contributed by atoms with E-state index in [4.69, 9.17) is 4.74 Å². The van der Waals surface area contributed by atoms with E-state index in [9.17, 15) is 31.9 Å². The summed E-state index contributed by atoms with van der Waals surface area (Å²) in [7, 11) is 1.30. The third-order valence-corrected chi connectivity index (χ3v) is 5.54. The highest BCUT2D eigenvalue weighted by Crippen LogP contribution is 2.44. The monoisotopic (exact) mass is 455 g/mol. The van der Waals surface area contributed by atoms with E-state index >= 15 is 0 Å². The third kappa shape index (κ3) is 4.34. The standard InChI is InChI=1S/C23H22F5NO3/c1-21(2,16-10-14(24)8-9-19(16)32-3)12-22(31,23(26,27)28)13-29-17-7-5-4-6-15(17)18(30)11-20(29)25/h4-11,31H,12-13H2,1-3H3. The zero-order valence-corrected chi connectivity index (χ0v) is 17.6. The van der Waals surface area contributed by atoms with Crippen molar-refractivity contribution in [2.24, 2.45) is 0 Å². The van der Waals surface area contributed by atoms with Gasteiger partial charge in [0.25, 0.3) is 0 Å². The van der Waals surface area contributed by atoms with E-state index in [0.29, 0.717) is 10.6 Å². The molecular formula is C23H22F5NO3. The van der Waals surface area contributed by atoms with Crippen molar-refractivity contribution in [3.63, 3.8) is 0 Å². The van der Waals surface area contributed by atoms with Gasteiger partial charge in [0, 0.05) is 17.0 Å². The van der Waals surface area contributed by atoms with Crippen LogP contribution in [-0.4, -0.2) is 28.6 Å². The number of rotatable bonds is 6. The fraction of sp³-hybridized carbons (Fsp3) is 0.348. The van der Waals surface area contributed by atoms with Gasteiger partial charge in [0.05, 0.1) is 19.2 Å². The van der Waals surface area contributed by atoms with Gasteiger partial charge in [-0.05, 0) is 42.2 Å². The van der Waals surface area contributed by atoms with E-state index in [1.54, 1.807) is 0 Å². The molecule has 3 rings (SSSR count). The number of alkyl halides is 3. The SMILES string of the molecule is COc1ccc(F)cc1C(C)(C)CC(O)(Cn1c(F)cc(=O)c2ccccc21)C(F)(F)F. The maximum absolute atomic E-state index is 14.6. The normalized spacial score (nSPS) is 14.4. The molecule has 1 atom stereocenters. The molecule has 0 aliphatic rings. The van der Waals surface area contributed by atoms with E-state index < -0.39 is 47.4 Å². The van der Waals surface area contributed by atoms with Gasteiger partial charge in [0.2, 0.25) is 0 Å². The minimum Gasteiger partial charge on any atom is -0.496 e. The average molecular weight is 455 g/mol. The lowest BCUT2D eigenvalue weighted by Gasteiger charge is -2.39. The predicted octanol–water partition coefficient (Wildman–Crippen LogP) is 4.95. The quantitative estimate of drug-likeness (QED) is 0.423. The highest BCUT2D eigenvalue weighted by atomic mass is 19.4. The second kappa shape index (κ2) is 8.20. The van der Waals surface area contributed by atoms with Gasteiger partial charge in [-0.15, -0.1) is 0 Å². The topological polar surface area (TPSA) is 51.5 Å². The van der Waals surface area contributed by atoms with Crippen LogP contribution in [0.4, 0.5) is 22.0 Å². The van der Waals surface area contributed by atoms with Crippen LogP contribution in [0.5, 0.6) is 5.75 Å². The number of benzene rings is 2. The number of ether oxygens (including phenoxy) is 1. The van der Waals surface area contributed by atoms with Gasteiger partial charge in [-0.3, -0.25) is 4.79 Å². The molecule has 0 amide bonds. The van der Waals surface area contributed by atoms with Crippen molar-refractivity contribution < 1.29 is 31.8 Å². The van der Waals surface area contributed by atoms with Crippen LogP contribution in [0.2, 0.25) is 0 Å². The number of aliphatic hydroxyl groups is 1. The summed E-state index contributed by atoms with van der Waals surface area (Å²) in [6.45, 7) is 1.60. The summed E-state index contributed by atoms with van der Waals surface area (Å²) in [5, 5.41) is 10.9. The third-order valence-electron chi connectivity index (χ3n) is 5.54. The molecule has 32 heavy (non-hydrogen) atoms. The van der Waals surface area contributed by atoms with Crippen LogP contribution in [0.15, 0.2) is 53.3 Å². The van der Waals surface area contributed by atoms with Gasteiger partial charge >= 0.3 is 6.18 Å². The van der Waals surface area contributed by atoms with Gasteiger partial charge in [-0.1, -0.05) is 26.0 Å². The largest absolute Gasteiger partial charge is 0.496 e. The maximum atomic E-state index is 14.6.